The van der Waals surface area contributed by atoms with E-state index in [1.807, 2.05) is 25.6 Å². The second-order valence-corrected chi connectivity index (χ2v) is 4.18. The van der Waals surface area contributed by atoms with Crippen molar-refractivity contribution in [1.82, 2.24) is 14.9 Å². The summed E-state index contributed by atoms with van der Waals surface area (Å²) in [6.07, 6.45) is 0. The standard InChI is InChI=1S/C13H15F2N3/c1-8-13(17-12(7-16-2)18(8)3)9-4-5-10(14)11(15)6-9/h4-6,16H,7H2,1-3H3. The second kappa shape index (κ2) is 4.86. The van der Waals surface area contributed by atoms with Gasteiger partial charge in [0.1, 0.15) is 5.82 Å². The summed E-state index contributed by atoms with van der Waals surface area (Å²) >= 11 is 0. The van der Waals surface area contributed by atoms with E-state index >= 15 is 0 Å². The van der Waals surface area contributed by atoms with Crippen molar-refractivity contribution >= 4 is 0 Å². The molecule has 3 nitrogen and oxygen atoms in total. The van der Waals surface area contributed by atoms with E-state index < -0.39 is 11.6 Å². The third-order valence-corrected chi connectivity index (χ3v) is 3.00. The van der Waals surface area contributed by atoms with E-state index in [0.717, 1.165) is 17.6 Å². The highest BCUT2D eigenvalue weighted by molar-refractivity contribution is 5.62. The molecule has 2 aromatic rings. The summed E-state index contributed by atoms with van der Waals surface area (Å²) in [5.74, 6) is -0.842. The van der Waals surface area contributed by atoms with Crippen molar-refractivity contribution in [2.24, 2.45) is 7.05 Å². The number of hydrogen-bond acceptors (Lipinski definition) is 2. The Labute approximate surface area is 104 Å². The van der Waals surface area contributed by atoms with Gasteiger partial charge in [-0.3, -0.25) is 0 Å². The molecule has 1 aromatic carbocycles. The Bertz CT molecular complexity index is 576. The minimum Gasteiger partial charge on any atom is -0.334 e. The number of imidazole rings is 1. The summed E-state index contributed by atoms with van der Waals surface area (Å²) in [5, 5.41) is 3.02. The normalized spacial score (nSPS) is 10.9. The van der Waals surface area contributed by atoms with Gasteiger partial charge in [-0.2, -0.15) is 0 Å². The fraction of sp³-hybridized carbons (Fsp3) is 0.308. The van der Waals surface area contributed by atoms with Crippen molar-refractivity contribution in [3.8, 4) is 11.3 Å². The molecule has 0 aliphatic heterocycles. The lowest BCUT2D eigenvalue weighted by molar-refractivity contribution is 0.509. The Morgan fingerprint density at radius 3 is 2.61 bits per heavy atom. The van der Waals surface area contributed by atoms with Crippen molar-refractivity contribution in [1.29, 1.82) is 0 Å². The molecule has 0 fully saturated rings. The maximum Gasteiger partial charge on any atom is 0.159 e. The number of nitrogens with zero attached hydrogens (tertiary/aromatic N) is 2. The van der Waals surface area contributed by atoms with Gasteiger partial charge in [0.25, 0.3) is 0 Å². The highest BCUT2D eigenvalue weighted by Crippen LogP contribution is 2.24. The molecule has 5 heteroatoms. The lowest BCUT2D eigenvalue weighted by Crippen LogP contribution is -2.10. The van der Waals surface area contributed by atoms with Gasteiger partial charge in [-0.25, -0.2) is 13.8 Å². The summed E-state index contributed by atoms with van der Waals surface area (Å²) in [6, 6.07) is 3.83. The molecule has 0 aliphatic rings. The molecule has 0 amide bonds. The number of nitrogens with one attached hydrogen (secondary N) is 1. The zero-order valence-corrected chi connectivity index (χ0v) is 10.6. The van der Waals surface area contributed by atoms with E-state index in [2.05, 4.69) is 10.3 Å². The van der Waals surface area contributed by atoms with Crippen LogP contribution >= 0.6 is 0 Å². The van der Waals surface area contributed by atoms with Crippen LogP contribution in [-0.4, -0.2) is 16.6 Å². The SMILES string of the molecule is CNCc1nc(-c2ccc(F)c(F)c2)c(C)n1C. The molecule has 0 aliphatic carbocycles. The number of rotatable bonds is 3. The molecule has 1 aromatic heterocycles. The van der Waals surface area contributed by atoms with Crippen LogP contribution in [0.2, 0.25) is 0 Å². The van der Waals surface area contributed by atoms with Crippen LogP contribution in [0.3, 0.4) is 0 Å². The minimum absolute atomic E-state index is 0.587. The van der Waals surface area contributed by atoms with Gasteiger partial charge in [0.05, 0.1) is 12.2 Å². The van der Waals surface area contributed by atoms with Gasteiger partial charge in [0.15, 0.2) is 11.6 Å². The monoisotopic (exact) mass is 251 g/mol. The van der Waals surface area contributed by atoms with Crippen LogP contribution in [-0.2, 0) is 13.6 Å². The first-order valence-corrected chi connectivity index (χ1v) is 5.66. The second-order valence-electron chi connectivity index (χ2n) is 4.18. The molecule has 0 saturated heterocycles. The molecule has 0 radical (unpaired) electrons. The molecule has 1 heterocycles. The average Bonchev–Trinajstić information content (AvgIpc) is 2.62. The third-order valence-electron chi connectivity index (χ3n) is 3.00. The van der Waals surface area contributed by atoms with Crippen LogP contribution in [0, 0.1) is 18.6 Å². The van der Waals surface area contributed by atoms with Crippen molar-refractivity contribution in [2.45, 2.75) is 13.5 Å². The molecule has 0 unspecified atom stereocenters. The number of hydrogen-bond donors (Lipinski definition) is 1. The zero-order valence-electron chi connectivity index (χ0n) is 10.6. The molecule has 0 bridgehead atoms. The molecule has 2 rings (SSSR count). The topological polar surface area (TPSA) is 29.9 Å². The van der Waals surface area contributed by atoms with E-state index in [0.29, 0.717) is 17.8 Å². The quantitative estimate of drug-likeness (QED) is 0.907. The molecular weight excluding hydrogens is 236 g/mol. The summed E-state index contributed by atoms with van der Waals surface area (Å²) in [7, 11) is 3.74. The van der Waals surface area contributed by atoms with Gasteiger partial charge in [-0.1, -0.05) is 0 Å². The van der Waals surface area contributed by atoms with Crippen LogP contribution in [0.5, 0.6) is 0 Å². The van der Waals surface area contributed by atoms with E-state index in [-0.39, 0.29) is 0 Å². The van der Waals surface area contributed by atoms with Crippen molar-refractivity contribution in [3.63, 3.8) is 0 Å². The first-order chi connectivity index (χ1) is 8.54. The summed E-state index contributed by atoms with van der Waals surface area (Å²) in [6.45, 7) is 2.53. The molecule has 18 heavy (non-hydrogen) atoms. The average molecular weight is 251 g/mol. The summed E-state index contributed by atoms with van der Waals surface area (Å²) in [4.78, 5) is 4.45. The zero-order chi connectivity index (χ0) is 13.3. The first kappa shape index (κ1) is 12.7. The fourth-order valence-electron chi connectivity index (χ4n) is 1.87. The van der Waals surface area contributed by atoms with Crippen LogP contribution in [0.1, 0.15) is 11.5 Å². The van der Waals surface area contributed by atoms with Gasteiger partial charge >= 0.3 is 0 Å². The molecule has 0 saturated carbocycles. The Morgan fingerprint density at radius 1 is 1.28 bits per heavy atom. The Hall–Kier alpha value is -1.75. The Kier molecular flexibility index (Phi) is 3.43. The van der Waals surface area contributed by atoms with E-state index in [4.69, 9.17) is 0 Å². The Morgan fingerprint density at radius 2 is 2.00 bits per heavy atom. The fourth-order valence-corrected chi connectivity index (χ4v) is 1.87. The predicted molar refractivity (Wildman–Crippen MR) is 66.1 cm³/mol. The third kappa shape index (κ3) is 2.13. The van der Waals surface area contributed by atoms with Crippen LogP contribution < -0.4 is 5.32 Å². The smallest absolute Gasteiger partial charge is 0.159 e. The molecule has 0 spiro atoms. The Balaban J connectivity index is 2.50. The lowest BCUT2D eigenvalue weighted by Gasteiger charge is -2.02. The maximum absolute atomic E-state index is 13.2. The molecule has 96 valence electrons. The van der Waals surface area contributed by atoms with Crippen LogP contribution in [0.4, 0.5) is 8.78 Å². The van der Waals surface area contributed by atoms with Gasteiger partial charge in [0, 0.05) is 18.3 Å². The number of benzene rings is 1. The van der Waals surface area contributed by atoms with Gasteiger partial charge in [0.2, 0.25) is 0 Å². The van der Waals surface area contributed by atoms with Crippen LogP contribution in [0.15, 0.2) is 18.2 Å². The van der Waals surface area contributed by atoms with E-state index in [1.54, 1.807) is 0 Å². The number of aromatic nitrogens is 2. The van der Waals surface area contributed by atoms with Gasteiger partial charge < -0.3 is 9.88 Å². The lowest BCUT2D eigenvalue weighted by atomic mass is 10.1. The van der Waals surface area contributed by atoms with Crippen molar-refractivity contribution < 1.29 is 8.78 Å². The van der Waals surface area contributed by atoms with Crippen LogP contribution in [0.25, 0.3) is 11.3 Å². The number of halogens is 2. The van der Waals surface area contributed by atoms with Crippen molar-refractivity contribution in [2.75, 3.05) is 7.05 Å². The van der Waals surface area contributed by atoms with Crippen molar-refractivity contribution in [3.05, 3.63) is 41.4 Å². The van der Waals surface area contributed by atoms with Gasteiger partial charge in [-0.05, 0) is 32.2 Å². The van der Waals surface area contributed by atoms with Gasteiger partial charge in [-0.15, -0.1) is 0 Å². The first-order valence-electron chi connectivity index (χ1n) is 5.66. The predicted octanol–water partition coefficient (Wildman–Crippen LogP) is 2.39. The highest BCUT2D eigenvalue weighted by atomic mass is 19.2. The molecular formula is C13H15F2N3. The highest BCUT2D eigenvalue weighted by Gasteiger charge is 2.13. The molecule has 0 atom stereocenters. The maximum atomic E-state index is 13.2. The minimum atomic E-state index is -0.854. The molecule has 1 N–H and O–H groups in total. The summed E-state index contributed by atoms with van der Waals surface area (Å²) in [5.41, 5.74) is 2.19. The summed E-state index contributed by atoms with van der Waals surface area (Å²) < 4.78 is 28.1. The van der Waals surface area contributed by atoms with E-state index in [1.165, 1.54) is 12.1 Å². The van der Waals surface area contributed by atoms with E-state index in [9.17, 15) is 8.78 Å². The largest absolute Gasteiger partial charge is 0.334 e.